The number of benzene rings is 2. The highest BCUT2D eigenvalue weighted by Gasteiger charge is 2.29. The lowest BCUT2D eigenvalue weighted by Crippen LogP contribution is -2.23. The van der Waals surface area contributed by atoms with Crippen LogP contribution in [-0.2, 0) is 10.0 Å². The Labute approximate surface area is 196 Å². The van der Waals surface area contributed by atoms with Gasteiger partial charge in [0.2, 0.25) is 0 Å². The highest BCUT2D eigenvalue weighted by atomic mass is 32.2. The third-order valence-electron chi connectivity index (χ3n) is 7.42. The smallest absolute Gasteiger partial charge is 0.335 e. The van der Waals surface area contributed by atoms with Gasteiger partial charge in [-0.1, -0.05) is 44.2 Å². The molecule has 0 saturated heterocycles. The number of aromatic carboxylic acids is 1. The second kappa shape index (κ2) is 10.2. The van der Waals surface area contributed by atoms with Crippen molar-refractivity contribution < 1.29 is 23.1 Å². The van der Waals surface area contributed by atoms with Gasteiger partial charge in [-0.05, 0) is 79.3 Å². The van der Waals surface area contributed by atoms with Gasteiger partial charge in [-0.3, -0.25) is 4.72 Å². The normalized spacial score (nSPS) is 22.0. The van der Waals surface area contributed by atoms with Crippen molar-refractivity contribution in [1.82, 2.24) is 0 Å². The molecule has 0 atom stereocenters. The average molecular weight is 472 g/mol. The molecule has 178 valence electrons. The molecule has 0 unspecified atom stereocenters. The van der Waals surface area contributed by atoms with Gasteiger partial charge < -0.3 is 9.84 Å². The fourth-order valence-electron chi connectivity index (χ4n) is 5.58. The predicted octanol–water partition coefficient (Wildman–Crippen LogP) is 6.05. The summed E-state index contributed by atoms with van der Waals surface area (Å²) in [6.45, 7) is 0. The lowest BCUT2D eigenvalue weighted by molar-refractivity contribution is 0.0696. The zero-order valence-electron chi connectivity index (χ0n) is 19.1. The van der Waals surface area contributed by atoms with Crippen molar-refractivity contribution in [1.29, 1.82) is 0 Å². The van der Waals surface area contributed by atoms with Crippen LogP contribution in [0, 0.1) is 11.8 Å². The third kappa shape index (κ3) is 5.52. The maximum Gasteiger partial charge on any atom is 0.335 e. The summed E-state index contributed by atoms with van der Waals surface area (Å²) < 4.78 is 34.0. The molecule has 33 heavy (non-hydrogen) atoms. The zero-order chi connectivity index (χ0) is 23.4. The van der Waals surface area contributed by atoms with Crippen molar-refractivity contribution in [3.63, 3.8) is 0 Å². The van der Waals surface area contributed by atoms with E-state index in [0.29, 0.717) is 5.92 Å². The number of ether oxygens (including phenoxy) is 1. The first-order valence-corrected chi connectivity index (χ1v) is 13.4. The highest BCUT2D eigenvalue weighted by molar-refractivity contribution is 7.92. The van der Waals surface area contributed by atoms with E-state index in [1.165, 1.54) is 70.3 Å². The SMILES string of the molecule is COc1cc(C(=O)O)ccc1NS(=O)(=O)c1cccc(C2CCC(C3CCCCC3)CC2)c1. The molecule has 2 N–H and O–H groups in total. The lowest BCUT2D eigenvalue weighted by atomic mass is 9.70. The number of hydrogen-bond donors (Lipinski definition) is 2. The van der Waals surface area contributed by atoms with Gasteiger partial charge in [0.05, 0.1) is 23.3 Å². The molecule has 2 aliphatic carbocycles. The molecule has 7 heteroatoms. The fraction of sp³-hybridized carbons (Fsp3) is 0.500. The van der Waals surface area contributed by atoms with E-state index in [1.54, 1.807) is 12.1 Å². The molecule has 2 fully saturated rings. The van der Waals surface area contributed by atoms with Crippen molar-refractivity contribution in [3.05, 3.63) is 53.6 Å². The van der Waals surface area contributed by atoms with E-state index >= 15 is 0 Å². The molecule has 0 spiro atoms. The summed E-state index contributed by atoms with van der Waals surface area (Å²) in [7, 11) is -2.47. The largest absolute Gasteiger partial charge is 0.495 e. The molecule has 2 aliphatic rings. The monoisotopic (exact) mass is 471 g/mol. The molecule has 2 saturated carbocycles. The van der Waals surface area contributed by atoms with Crippen LogP contribution in [0.25, 0.3) is 0 Å². The van der Waals surface area contributed by atoms with Gasteiger partial charge in [0.1, 0.15) is 5.75 Å². The van der Waals surface area contributed by atoms with Gasteiger partial charge in [-0.2, -0.15) is 0 Å². The second-order valence-electron chi connectivity index (χ2n) is 9.41. The fourth-order valence-corrected chi connectivity index (χ4v) is 6.70. The summed E-state index contributed by atoms with van der Waals surface area (Å²) in [5.41, 5.74) is 1.31. The van der Waals surface area contributed by atoms with Gasteiger partial charge in [-0.15, -0.1) is 0 Å². The number of hydrogen-bond acceptors (Lipinski definition) is 4. The van der Waals surface area contributed by atoms with Gasteiger partial charge in [-0.25, -0.2) is 13.2 Å². The summed E-state index contributed by atoms with van der Waals surface area (Å²) in [5, 5.41) is 9.16. The van der Waals surface area contributed by atoms with Crippen LogP contribution in [-0.4, -0.2) is 26.6 Å². The summed E-state index contributed by atoms with van der Waals surface area (Å²) in [5.74, 6) is 1.17. The van der Waals surface area contributed by atoms with Crippen LogP contribution < -0.4 is 9.46 Å². The Morgan fingerprint density at radius 3 is 2.30 bits per heavy atom. The Morgan fingerprint density at radius 2 is 1.64 bits per heavy atom. The summed E-state index contributed by atoms with van der Waals surface area (Å²) in [4.78, 5) is 11.4. The topological polar surface area (TPSA) is 92.7 Å². The molecule has 0 radical (unpaired) electrons. The van der Waals surface area contributed by atoms with E-state index in [-0.39, 0.29) is 21.9 Å². The number of nitrogens with one attached hydrogen (secondary N) is 1. The van der Waals surface area contributed by atoms with Crippen LogP contribution in [0.3, 0.4) is 0 Å². The Morgan fingerprint density at radius 1 is 0.939 bits per heavy atom. The number of methoxy groups -OCH3 is 1. The van der Waals surface area contributed by atoms with Gasteiger partial charge >= 0.3 is 5.97 Å². The number of anilines is 1. The number of carbonyl (C=O) groups is 1. The standard InChI is InChI=1S/C26H33NO5S/c1-32-25-17-22(26(28)29)14-15-24(25)27-33(30,31)23-9-5-8-21(16-23)20-12-10-19(11-13-20)18-6-3-2-4-7-18/h5,8-9,14-20,27H,2-4,6-7,10-13H2,1H3,(H,28,29). The highest BCUT2D eigenvalue weighted by Crippen LogP contribution is 2.43. The van der Waals surface area contributed by atoms with E-state index in [0.717, 1.165) is 30.2 Å². The molecule has 6 nitrogen and oxygen atoms in total. The zero-order valence-corrected chi connectivity index (χ0v) is 19.9. The van der Waals surface area contributed by atoms with E-state index in [2.05, 4.69) is 4.72 Å². The molecule has 4 rings (SSSR count). The van der Waals surface area contributed by atoms with Crippen LogP contribution in [0.2, 0.25) is 0 Å². The van der Waals surface area contributed by atoms with Crippen molar-refractivity contribution >= 4 is 21.7 Å². The average Bonchev–Trinajstić information content (AvgIpc) is 2.84. The first kappa shape index (κ1) is 23.6. The van der Waals surface area contributed by atoms with Gasteiger partial charge in [0, 0.05) is 0 Å². The second-order valence-corrected chi connectivity index (χ2v) is 11.1. The minimum atomic E-state index is -3.85. The first-order chi connectivity index (χ1) is 15.9. The van der Waals surface area contributed by atoms with Crippen molar-refractivity contribution in [2.75, 3.05) is 11.8 Å². The Bertz CT molecular complexity index is 1080. The molecule has 0 aliphatic heterocycles. The van der Waals surface area contributed by atoms with Gasteiger partial charge in [0.25, 0.3) is 10.0 Å². The summed E-state index contributed by atoms with van der Waals surface area (Å²) in [6.07, 6.45) is 11.6. The number of sulfonamides is 1. The maximum absolute atomic E-state index is 13.1. The van der Waals surface area contributed by atoms with E-state index in [4.69, 9.17) is 9.84 Å². The van der Waals surface area contributed by atoms with Crippen LogP contribution in [0.15, 0.2) is 47.4 Å². The van der Waals surface area contributed by atoms with Crippen LogP contribution in [0.4, 0.5) is 5.69 Å². The maximum atomic E-state index is 13.1. The minimum absolute atomic E-state index is 0.0284. The Balaban J connectivity index is 1.46. The van der Waals surface area contributed by atoms with E-state index < -0.39 is 16.0 Å². The van der Waals surface area contributed by atoms with Crippen LogP contribution in [0.1, 0.15) is 79.6 Å². The Hall–Kier alpha value is -2.54. The van der Waals surface area contributed by atoms with Crippen LogP contribution >= 0.6 is 0 Å². The van der Waals surface area contributed by atoms with E-state index in [1.807, 2.05) is 12.1 Å². The Kier molecular flexibility index (Phi) is 7.27. The first-order valence-electron chi connectivity index (χ1n) is 11.9. The predicted molar refractivity (Wildman–Crippen MR) is 128 cm³/mol. The molecular formula is C26H33NO5S. The lowest BCUT2D eigenvalue weighted by Gasteiger charge is -2.36. The van der Waals surface area contributed by atoms with Crippen LogP contribution in [0.5, 0.6) is 5.75 Å². The molecular weight excluding hydrogens is 438 g/mol. The summed E-state index contributed by atoms with van der Waals surface area (Å²) >= 11 is 0. The van der Waals surface area contributed by atoms with Crippen molar-refractivity contribution in [3.8, 4) is 5.75 Å². The number of carboxylic acid groups (broad SMARTS) is 1. The molecule has 2 aromatic rings. The molecule has 2 aromatic carbocycles. The third-order valence-corrected chi connectivity index (χ3v) is 8.78. The van der Waals surface area contributed by atoms with E-state index in [9.17, 15) is 13.2 Å². The summed E-state index contributed by atoms with van der Waals surface area (Å²) in [6, 6.07) is 11.3. The molecule has 0 aromatic heterocycles. The number of rotatable bonds is 7. The quantitative estimate of drug-likeness (QED) is 0.513. The van der Waals surface area contributed by atoms with Crippen molar-refractivity contribution in [2.45, 2.75) is 68.6 Å². The van der Waals surface area contributed by atoms with Gasteiger partial charge in [0.15, 0.2) is 0 Å². The van der Waals surface area contributed by atoms with Crippen molar-refractivity contribution in [2.24, 2.45) is 11.8 Å². The number of carboxylic acids is 1. The molecule has 0 bridgehead atoms. The molecule has 0 amide bonds. The minimum Gasteiger partial charge on any atom is -0.495 e. The molecule has 0 heterocycles.